The lowest BCUT2D eigenvalue weighted by Crippen LogP contribution is -2.51. The van der Waals surface area contributed by atoms with Crippen LogP contribution in [0.2, 0.25) is 5.02 Å². The van der Waals surface area contributed by atoms with Crippen LogP contribution >= 0.6 is 46.0 Å². The van der Waals surface area contributed by atoms with E-state index < -0.39 is 12.1 Å². The molecule has 1 aliphatic heterocycles. The number of carboxylic acid groups (broad SMARTS) is 1. The van der Waals surface area contributed by atoms with Gasteiger partial charge in [-0.1, -0.05) is 47.3 Å². The number of aromatic carboxylic acids is 1. The van der Waals surface area contributed by atoms with Crippen molar-refractivity contribution in [3.8, 4) is 11.8 Å². The summed E-state index contributed by atoms with van der Waals surface area (Å²) in [5, 5.41) is 27.9. The molecule has 0 spiro atoms. The average molecular weight is 561 g/mol. The highest BCUT2D eigenvalue weighted by Crippen LogP contribution is 2.29. The van der Waals surface area contributed by atoms with Crippen molar-refractivity contribution >= 4 is 57.2 Å². The van der Waals surface area contributed by atoms with Crippen molar-refractivity contribution in [1.29, 1.82) is 0 Å². The Bertz CT molecular complexity index is 1270. The molecule has 0 unspecified atom stereocenters. The van der Waals surface area contributed by atoms with E-state index in [1.807, 2.05) is 46.1 Å². The summed E-state index contributed by atoms with van der Waals surface area (Å²) in [6.45, 7) is 1.66. The fourth-order valence-electron chi connectivity index (χ4n) is 3.83. The molecule has 1 aromatic carbocycles. The van der Waals surface area contributed by atoms with Crippen LogP contribution in [0.5, 0.6) is 0 Å². The number of aliphatic hydroxyl groups is 1. The van der Waals surface area contributed by atoms with Gasteiger partial charge >= 0.3 is 5.97 Å². The van der Waals surface area contributed by atoms with Crippen molar-refractivity contribution in [3.05, 3.63) is 78.6 Å². The fourth-order valence-corrected chi connectivity index (χ4v) is 6.52. The highest BCUT2D eigenvalue weighted by atomic mass is 35.5. The first kappa shape index (κ1) is 26.7. The molecule has 2 N–H and O–H groups in total. The fraction of sp³-hybridized carbons (Fsp3) is 0.308. The number of amides is 1. The summed E-state index contributed by atoms with van der Waals surface area (Å²) in [4.78, 5) is 24.7. The monoisotopic (exact) mass is 560 g/mol. The number of hydrogen-bond donors (Lipinski definition) is 2. The zero-order valence-corrected chi connectivity index (χ0v) is 22.6. The zero-order chi connectivity index (χ0) is 25.5. The summed E-state index contributed by atoms with van der Waals surface area (Å²) in [5.74, 6) is 6.01. The first-order valence-corrected chi connectivity index (χ1v) is 14.5. The molecule has 2 aromatic heterocycles. The van der Waals surface area contributed by atoms with Crippen LogP contribution in [0, 0.1) is 11.8 Å². The second-order valence-corrected chi connectivity index (χ2v) is 11.6. The van der Waals surface area contributed by atoms with E-state index in [-0.39, 0.29) is 10.1 Å². The van der Waals surface area contributed by atoms with E-state index in [1.165, 1.54) is 17.8 Å². The van der Waals surface area contributed by atoms with Crippen molar-refractivity contribution < 1.29 is 19.8 Å². The zero-order valence-electron chi connectivity index (χ0n) is 19.4. The molecule has 3 heterocycles. The average Bonchev–Trinajstić information content (AvgIpc) is 3.51. The molecule has 1 saturated heterocycles. The van der Waals surface area contributed by atoms with E-state index in [4.69, 9.17) is 11.6 Å². The summed E-state index contributed by atoms with van der Waals surface area (Å²) < 4.78 is 0. The van der Waals surface area contributed by atoms with E-state index >= 15 is 0 Å². The van der Waals surface area contributed by atoms with E-state index in [1.54, 1.807) is 16.3 Å². The van der Waals surface area contributed by atoms with Gasteiger partial charge in [-0.15, -0.1) is 11.3 Å². The molecule has 36 heavy (non-hydrogen) atoms. The highest BCUT2D eigenvalue weighted by Gasteiger charge is 2.27. The SMILES string of the molecule is O=C(O)c1cc(Cl)c(CCN2C(=O)SCCN2CC[C@@H](O)Cc2cccc(C#Cc3ccsc3)c2)s1. The number of carboxylic acids is 1. The Morgan fingerprint density at radius 3 is 2.75 bits per heavy atom. The molecule has 6 nitrogen and oxygen atoms in total. The molecule has 0 saturated carbocycles. The summed E-state index contributed by atoms with van der Waals surface area (Å²) in [7, 11) is 0. The molecule has 3 aromatic rings. The smallest absolute Gasteiger partial charge is 0.345 e. The van der Waals surface area contributed by atoms with Gasteiger partial charge in [0.05, 0.1) is 11.1 Å². The van der Waals surface area contributed by atoms with Crippen LogP contribution in [0.25, 0.3) is 0 Å². The van der Waals surface area contributed by atoms with E-state index in [9.17, 15) is 19.8 Å². The van der Waals surface area contributed by atoms with Crippen LogP contribution < -0.4 is 0 Å². The Kier molecular flexibility index (Phi) is 9.48. The Morgan fingerprint density at radius 1 is 1.17 bits per heavy atom. The number of thiophene rings is 2. The predicted octanol–water partition coefficient (Wildman–Crippen LogP) is 5.48. The molecule has 0 aliphatic carbocycles. The maximum atomic E-state index is 12.6. The van der Waals surface area contributed by atoms with Crippen molar-refractivity contribution in [2.24, 2.45) is 0 Å². The first-order chi connectivity index (χ1) is 17.4. The molecular weight excluding hydrogens is 536 g/mol. The van der Waals surface area contributed by atoms with Crippen LogP contribution in [-0.4, -0.2) is 62.9 Å². The largest absolute Gasteiger partial charge is 0.477 e. The Hall–Kier alpha value is -2.32. The number of rotatable bonds is 9. The second-order valence-electron chi connectivity index (χ2n) is 8.24. The van der Waals surface area contributed by atoms with Crippen LogP contribution in [0.1, 0.15) is 37.7 Å². The molecule has 1 atom stereocenters. The third-order valence-corrected chi connectivity index (χ3v) is 8.80. The first-order valence-electron chi connectivity index (χ1n) is 11.4. The molecule has 0 radical (unpaired) electrons. The van der Waals surface area contributed by atoms with Gasteiger partial charge in [0, 0.05) is 53.2 Å². The molecule has 1 amide bonds. The van der Waals surface area contributed by atoms with Crippen molar-refractivity contribution in [2.75, 3.05) is 25.4 Å². The van der Waals surface area contributed by atoms with Gasteiger partial charge in [-0.3, -0.25) is 9.80 Å². The van der Waals surface area contributed by atoms with Gasteiger partial charge in [0.25, 0.3) is 5.24 Å². The van der Waals surface area contributed by atoms with E-state index in [0.29, 0.717) is 49.7 Å². The Balaban J connectivity index is 1.32. The third kappa shape index (κ3) is 7.35. The third-order valence-electron chi connectivity index (χ3n) is 5.64. The number of benzene rings is 1. The number of carbonyl (C=O) groups excluding carboxylic acids is 1. The molecule has 188 valence electrons. The minimum Gasteiger partial charge on any atom is -0.477 e. The molecule has 4 rings (SSSR count). The number of nitrogens with zero attached hydrogens (tertiary/aromatic N) is 2. The molecule has 1 fully saturated rings. The number of aliphatic hydroxyl groups excluding tert-OH is 1. The molecular formula is C26H25ClN2O4S3. The number of halogens is 1. The number of hydrazine groups is 1. The summed E-state index contributed by atoms with van der Waals surface area (Å²) >= 11 is 10.2. The number of hydrogen-bond acceptors (Lipinski definition) is 7. The Morgan fingerprint density at radius 2 is 2.00 bits per heavy atom. The van der Waals surface area contributed by atoms with E-state index in [2.05, 4.69) is 11.8 Å². The van der Waals surface area contributed by atoms with Gasteiger partial charge in [-0.25, -0.2) is 9.80 Å². The van der Waals surface area contributed by atoms with E-state index in [0.717, 1.165) is 32.9 Å². The highest BCUT2D eigenvalue weighted by molar-refractivity contribution is 8.13. The lowest BCUT2D eigenvalue weighted by Gasteiger charge is -2.38. The van der Waals surface area contributed by atoms with Crippen LogP contribution in [0.4, 0.5) is 4.79 Å². The van der Waals surface area contributed by atoms with Gasteiger partial charge < -0.3 is 10.2 Å². The topological polar surface area (TPSA) is 81.1 Å². The summed E-state index contributed by atoms with van der Waals surface area (Å²) in [5.41, 5.74) is 2.92. The van der Waals surface area contributed by atoms with Crippen molar-refractivity contribution in [2.45, 2.75) is 25.4 Å². The lowest BCUT2D eigenvalue weighted by atomic mass is 10.0. The van der Waals surface area contributed by atoms with Gasteiger partial charge in [0.15, 0.2) is 0 Å². The van der Waals surface area contributed by atoms with Gasteiger partial charge in [0.2, 0.25) is 0 Å². The van der Waals surface area contributed by atoms with Gasteiger partial charge in [-0.2, -0.15) is 11.3 Å². The second kappa shape index (κ2) is 12.8. The van der Waals surface area contributed by atoms with Crippen molar-refractivity contribution in [3.63, 3.8) is 0 Å². The number of carbonyl (C=O) groups is 2. The summed E-state index contributed by atoms with van der Waals surface area (Å²) in [6, 6.07) is 11.3. The standard InChI is InChI=1S/C26H25ClN2O4S3/c27-22-16-24(25(31)32)36-23(22)7-10-29-26(33)35-13-11-28(29)9-6-21(30)15-20-3-1-2-18(14-20)4-5-19-8-12-34-17-19/h1-3,8,12,14,16-17,21,30H,6-7,9-11,13,15H2,(H,31,32)/t21-/m1/s1. The van der Waals surface area contributed by atoms with Gasteiger partial charge in [-0.05, 0) is 48.1 Å². The maximum Gasteiger partial charge on any atom is 0.345 e. The predicted molar refractivity (Wildman–Crippen MR) is 147 cm³/mol. The maximum absolute atomic E-state index is 12.6. The molecule has 1 aliphatic rings. The normalized spacial score (nSPS) is 14.9. The van der Waals surface area contributed by atoms with Crippen molar-refractivity contribution in [1.82, 2.24) is 10.0 Å². The minimum absolute atomic E-state index is 0.0428. The quantitative estimate of drug-likeness (QED) is 0.337. The van der Waals surface area contributed by atoms with Crippen LogP contribution in [0.15, 0.2) is 47.2 Å². The Labute approximate surface area is 227 Å². The lowest BCUT2D eigenvalue weighted by molar-refractivity contribution is 0.0148. The van der Waals surface area contributed by atoms with Gasteiger partial charge in [0.1, 0.15) is 4.88 Å². The molecule has 10 heteroatoms. The van der Waals surface area contributed by atoms with Crippen LogP contribution in [-0.2, 0) is 12.8 Å². The number of thioether (sulfide) groups is 1. The molecule has 0 bridgehead atoms. The van der Waals surface area contributed by atoms with Crippen LogP contribution in [0.3, 0.4) is 0 Å². The summed E-state index contributed by atoms with van der Waals surface area (Å²) in [6.07, 6.45) is 0.943. The minimum atomic E-state index is -1.01.